The van der Waals surface area contributed by atoms with E-state index in [4.69, 9.17) is 9.15 Å². The molecule has 1 aromatic heterocycles. The van der Waals surface area contributed by atoms with Crippen molar-refractivity contribution in [3.63, 3.8) is 0 Å². The van der Waals surface area contributed by atoms with Crippen molar-refractivity contribution in [1.29, 1.82) is 0 Å². The molecule has 0 aliphatic heterocycles. The lowest BCUT2D eigenvalue weighted by atomic mass is 10.3. The van der Waals surface area contributed by atoms with Crippen LogP contribution in [0.15, 0.2) is 39.4 Å². The van der Waals surface area contributed by atoms with E-state index in [1.165, 1.54) is 12.1 Å². The first-order valence-corrected chi connectivity index (χ1v) is 7.21. The van der Waals surface area contributed by atoms with Crippen LogP contribution in [0.5, 0.6) is 5.75 Å². The second kappa shape index (κ2) is 6.90. The summed E-state index contributed by atoms with van der Waals surface area (Å²) in [6, 6.07) is 6.70. The molecule has 0 amide bonds. The first-order valence-electron chi connectivity index (χ1n) is 6.42. The highest BCUT2D eigenvalue weighted by Gasteiger charge is 2.06. The summed E-state index contributed by atoms with van der Waals surface area (Å²) < 4.78 is 24.6. The summed E-state index contributed by atoms with van der Waals surface area (Å²) in [4.78, 5) is 0. The molecule has 1 heterocycles. The molecule has 5 heteroatoms. The number of ether oxygens (including phenoxy) is 1. The Morgan fingerprint density at radius 3 is 2.85 bits per heavy atom. The van der Waals surface area contributed by atoms with Crippen LogP contribution in [0.3, 0.4) is 0 Å². The monoisotopic (exact) mass is 341 g/mol. The van der Waals surface area contributed by atoms with E-state index in [1.807, 2.05) is 6.07 Å². The lowest BCUT2D eigenvalue weighted by Gasteiger charge is -2.06. The molecule has 20 heavy (non-hydrogen) atoms. The van der Waals surface area contributed by atoms with Crippen LogP contribution in [-0.2, 0) is 13.2 Å². The summed E-state index contributed by atoms with van der Waals surface area (Å²) in [5.74, 6) is 1.02. The summed E-state index contributed by atoms with van der Waals surface area (Å²) in [5.41, 5.74) is 1.08. The molecule has 0 spiro atoms. The first-order chi connectivity index (χ1) is 9.54. The van der Waals surface area contributed by atoms with E-state index in [0.717, 1.165) is 17.9 Å². The molecule has 0 bridgehead atoms. The summed E-state index contributed by atoms with van der Waals surface area (Å²) in [5, 5.41) is 3.31. The molecule has 0 atom stereocenters. The molecule has 0 aliphatic rings. The van der Waals surface area contributed by atoms with Crippen molar-refractivity contribution in [1.82, 2.24) is 5.32 Å². The summed E-state index contributed by atoms with van der Waals surface area (Å²) in [7, 11) is 0. The van der Waals surface area contributed by atoms with Crippen LogP contribution in [0.4, 0.5) is 4.39 Å². The molecular weight excluding hydrogens is 325 g/mol. The smallest absolute Gasteiger partial charge is 0.146 e. The lowest BCUT2D eigenvalue weighted by molar-refractivity contribution is 0.268. The van der Waals surface area contributed by atoms with Crippen LogP contribution < -0.4 is 10.1 Å². The first kappa shape index (κ1) is 15.1. The van der Waals surface area contributed by atoms with Crippen molar-refractivity contribution in [3.05, 3.63) is 52.1 Å². The second-order valence-corrected chi connectivity index (χ2v) is 5.67. The van der Waals surface area contributed by atoms with Gasteiger partial charge in [-0.05, 0) is 40.2 Å². The fourth-order valence-corrected chi connectivity index (χ4v) is 2.12. The SMILES string of the molecule is CC(C)NCc1coc(COc2ccc(F)cc2Br)c1. The zero-order chi connectivity index (χ0) is 14.5. The fraction of sp³-hybridized carbons (Fsp3) is 0.333. The standard InChI is InChI=1S/C15H17BrFNO2/c1-10(2)18-7-11-5-13(19-8-11)9-20-15-4-3-12(17)6-14(15)16/h3-6,8,10,18H,7,9H2,1-2H3. The minimum atomic E-state index is -0.302. The van der Waals surface area contributed by atoms with Crippen LogP contribution >= 0.6 is 15.9 Å². The Morgan fingerprint density at radius 1 is 1.35 bits per heavy atom. The van der Waals surface area contributed by atoms with Gasteiger partial charge in [-0.2, -0.15) is 0 Å². The van der Waals surface area contributed by atoms with Crippen LogP contribution in [0.2, 0.25) is 0 Å². The summed E-state index contributed by atoms with van der Waals surface area (Å²) in [6.07, 6.45) is 1.72. The largest absolute Gasteiger partial charge is 0.484 e. The third-order valence-corrected chi connectivity index (χ3v) is 3.31. The van der Waals surface area contributed by atoms with Gasteiger partial charge in [0.25, 0.3) is 0 Å². The fourth-order valence-electron chi connectivity index (χ4n) is 1.66. The van der Waals surface area contributed by atoms with Crippen molar-refractivity contribution in [2.75, 3.05) is 0 Å². The van der Waals surface area contributed by atoms with E-state index >= 15 is 0 Å². The zero-order valence-electron chi connectivity index (χ0n) is 11.5. The number of benzene rings is 1. The third kappa shape index (κ3) is 4.35. The molecule has 108 valence electrons. The van der Waals surface area contributed by atoms with Crippen LogP contribution in [0, 0.1) is 5.82 Å². The molecular formula is C15H17BrFNO2. The maximum Gasteiger partial charge on any atom is 0.146 e. The molecule has 0 saturated heterocycles. The molecule has 2 rings (SSSR count). The predicted molar refractivity (Wildman–Crippen MR) is 79.1 cm³/mol. The quantitative estimate of drug-likeness (QED) is 0.852. The molecule has 2 aromatic rings. The molecule has 3 nitrogen and oxygen atoms in total. The number of hydrogen-bond donors (Lipinski definition) is 1. The van der Waals surface area contributed by atoms with Gasteiger partial charge in [-0.25, -0.2) is 4.39 Å². The van der Waals surface area contributed by atoms with Crippen molar-refractivity contribution in [2.45, 2.75) is 33.0 Å². The van der Waals surface area contributed by atoms with Crippen LogP contribution in [-0.4, -0.2) is 6.04 Å². The Morgan fingerprint density at radius 2 is 2.15 bits per heavy atom. The average Bonchev–Trinajstić information content (AvgIpc) is 2.83. The summed E-state index contributed by atoms with van der Waals surface area (Å²) in [6.45, 7) is 5.26. The molecule has 0 fully saturated rings. The number of hydrogen-bond acceptors (Lipinski definition) is 3. The van der Waals surface area contributed by atoms with Gasteiger partial charge in [0, 0.05) is 18.2 Å². The number of furan rings is 1. The highest BCUT2D eigenvalue weighted by atomic mass is 79.9. The van der Waals surface area contributed by atoms with Gasteiger partial charge in [-0.3, -0.25) is 0 Å². The van der Waals surface area contributed by atoms with Gasteiger partial charge in [0.05, 0.1) is 10.7 Å². The van der Waals surface area contributed by atoms with Crippen LogP contribution in [0.25, 0.3) is 0 Å². The Hall–Kier alpha value is -1.33. The van der Waals surface area contributed by atoms with E-state index in [1.54, 1.807) is 12.3 Å². The Bertz CT molecular complexity index is 569. The van der Waals surface area contributed by atoms with Gasteiger partial charge in [0.1, 0.15) is 23.9 Å². The maximum absolute atomic E-state index is 13.0. The molecule has 0 aliphatic carbocycles. The van der Waals surface area contributed by atoms with Gasteiger partial charge >= 0.3 is 0 Å². The number of nitrogens with one attached hydrogen (secondary N) is 1. The normalized spacial score (nSPS) is 11.1. The van der Waals surface area contributed by atoms with Crippen molar-refractivity contribution in [3.8, 4) is 5.75 Å². The second-order valence-electron chi connectivity index (χ2n) is 4.82. The minimum Gasteiger partial charge on any atom is -0.484 e. The molecule has 1 aromatic carbocycles. The Kier molecular flexibility index (Phi) is 5.20. The van der Waals surface area contributed by atoms with Crippen molar-refractivity contribution >= 4 is 15.9 Å². The topological polar surface area (TPSA) is 34.4 Å². The molecule has 0 radical (unpaired) electrons. The van der Waals surface area contributed by atoms with E-state index in [0.29, 0.717) is 22.9 Å². The van der Waals surface area contributed by atoms with Crippen LogP contribution in [0.1, 0.15) is 25.2 Å². The van der Waals surface area contributed by atoms with Gasteiger partial charge in [0.2, 0.25) is 0 Å². The third-order valence-electron chi connectivity index (χ3n) is 2.69. The van der Waals surface area contributed by atoms with Gasteiger partial charge in [-0.15, -0.1) is 0 Å². The van der Waals surface area contributed by atoms with Gasteiger partial charge < -0.3 is 14.5 Å². The van der Waals surface area contributed by atoms with Gasteiger partial charge in [-0.1, -0.05) is 13.8 Å². The number of rotatable bonds is 6. The Balaban J connectivity index is 1.90. The maximum atomic E-state index is 13.0. The van der Waals surface area contributed by atoms with E-state index in [2.05, 4.69) is 35.1 Å². The van der Waals surface area contributed by atoms with E-state index in [-0.39, 0.29) is 5.82 Å². The molecule has 1 N–H and O–H groups in total. The van der Waals surface area contributed by atoms with Crippen molar-refractivity contribution < 1.29 is 13.5 Å². The highest BCUT2D eigenvalue weighted by Crippen LogP contribution is 2.26. The summed E-state index contributed by atoms with van der Waals surface area (Å²) >= 11 is 3.26. The minimum absolute atomic E-state index is 0.302. The average molecular weight is 342 g/mol. The Labute approximate surface area is 126 Å². The lowest BCUT2D eigenvalue weighted by Crippen LogP contribution is -2.21. The zero-order valence-corrected chi connectivity index (χ0v) is 13.0. The van der Waals surface area contributed by atoms with Crippen molar-refractivity contribution in [2.24, 2.45) is 0 Å². The highest BCUT2D eigenvalue weighted by molar-refractivity contribution is 9.10. The molecule has 0 unspecified atom stereocenters. The predicted octanol–water partition coefficient (Wildman–Crippen LogP) is 4.26. The number of halogens is 2. The molecule has 0 saturated carbocycles. The van der Waals surface area contributed by atoms with E-state index < -0.39 is 0 Å². The van der Waals surface area contributed by atoms with Gasteiger partial charge in [0.15, 0.2) is 0 Å². The van der Waals surface area contributed by atoms with E-state index in [9.17, 15) is 4.39 Å².